The summed E-state index contributed by atoms with van der Waals surface area (Å²) in [5, 5.41) is 0. The first-order chi connectivity index (χ1) is 61.9. The quantitative estimate of drug-likeness (QED) is 0.149. The molecule has 0 radical (unpaired) electrons. The third-order valence-corrected chi connectivity index (χ3v) is 27.4. The summed E-state index contributed by atoms with van der Waals surface area (Å²) in [4.78, 5) is 49.6. The molecule has 6 heterocycles. The lowest BCUT2D eigenvalue weighted by Gasteiger charge is -2.31. The van der Waals surface area contributed by atoms with Crippen molar-refractivity contribution < 1.29 is 0 Å². The van der Waals surface area contributed by atoms with Crippen LogP contribution in [0, 0.1) is 150 Å². The third-order valence-electron chi connectivity index (χ3n) is 27.4. The number of fused-ring (bicyclic) bond motifs is 6. The Bertz CT molecular complexity index is 6650. The highest BCUT2D eigenvalue weighted by atomic mass is 15.5. The molecule has 18 rings (SSSR count). The van der Waals surface area contributed by atoms with Gasteiger partial charge in [-0.1, -0.05) is 151 Å². The Hall–Kier alpha value is -14.8. The van der Waals surface area contributed by atoms with Crippen LogP contribution in [0.3, 0.4) is 0 Å². The fraction of sp³-hybridized carbons (Fsp3) is 0.304. The largest absolute Gasteiger partial charge is 0.354 e. The maximum absolute atomic E-state index is 7.53. The molecule has 0 N–H and O–H groups in total. The Labute approximate surface area is 773 Å². The van der Waals surface area contributed by atoms with Crippen molar-refractivity contribution in [2.45, 2.75) is 189 Å². The summed E-state index contributed by atoms with van der Waals surface area (Å²) in [6.45, 7) is 92.4. The van der Waals surface area contributed by atoms with Gasteiger partial charge in [-0.2, -0.15) is 0 Å². The molecule has 12 aromatic carbocycles. The zero-order valence-electron chi connectivity index (χ0n) is 81.0. The number of para-hydroxylation sites is 7. The van der Waals surface area contributed by atoms with Crippen molar-refractivity contribution in [2.75, 3.05) is 101 Å². The maximum atomic E-state index is 7.53. The van der Waals surface area contributed by atoms with Gasteiger partial charge in [-0.25, -0.2) is 29.1 Å². The lowest BCUT2D eigenvalue weighted by molar-refractivity contribution is 0.731. The molecule has 0 fully saturated rings. The molecule has 0 amide bonds. The minimum absolute atomic E-state index is 0.192. The van der Waals surface area contributed by atoms with Gasteiger partial charge in [-0.3, -0.25) is 0 Å². The van der Waals surface area contributed by atoms with Crippen molar-refractivity contribution in [3.63, 3.8) is 0 Å². The molecular weight excluding hydrogens is 1600 g/mol. The molecule has 0 spiro atoms. The van der Waals surface area contributed by atoms with E-state index < -0.39 is 0 Å². The van der Waals surface area contributed by atoms with Gasteiger partial charge < -0.3 is 58.8 Å². The summed E-state index contributed by atoms with van der Waals surface area (Å²) in [7, 11) is 12.5. The van der Waals surface area contributed by atoms with Crippen LogP contribution in [0.1, 0.15) is 131 Å². The Morgan fingerprint density at radius 3 is 0.800 bits per heavy atom. The smallest absolute Gasteiger partial charge is 0.212 e. The van der Waals surface area contributed by atoms with Crippen LogP contribution in [-0.2, 0) is 0 Å². The highest BCUT2D eigenvalue weighted by Crippen LogP contribution is 2.57. The topological polar surface area (TPSA) is 65.0 Å². The number of rotatable bonds is 6. The second-order valence-electron chi connectivity index (χ2n) is 35.6. The molecule has 0 bridgehead atoms. The van der Waals surface area contributed by atoms with Gasteiger partial charge in [0.25, 0.3) is 0 Å². The van der Waals surface area contributed by atoms with Gasteiger partial charge >= 0.3 is 0 Å². The zero-order chi connectivity index (χ0) is 94.4. The molecule has 0 saturated carbocycles. The normalized spacial score (nSPS) is 16.7. The lowest BCUT2D eigenvalue weighted by Crippen LogP contribution is -2.36. The van der Waals surface area contributed by atoms with Gasteiger partial charge in [0.15, 0.2) is 0 Å². The highest BCUT2D eigenvalue weighted by molar-refractivity contribution is 6.00. The molecule has 0 saturated heterocycles. The zero-order valence-corrected chi connectivity index (χ0v) is 81.0. The Balaban J connectivity index is 0.000000133. The van der Waals surface area contributed by atoms with E-state index in [-0.39, 0.29) is 37.0 Å². The minimum atomic E-state index is 0.192. The van der Waals surface area contributed by atoms with E-state index in [1.54, 1.807) is 0 Å². The number of benzene rings is 12. The summed E-state index contributed by atoms with van der Waals surface area (Å²) in [6, 6.07) is 66.3. The van der Waals surface area contributed by atoms with Crippen LogP contribution < -0.4 is 58.8 Å². The second kappa shape index (κ2) is 37.6. The van der Waals surface area contributed by atoms with Gasteiger partial charge in [0.05, 0.1) is 108 Å². The molecule has 18 heteroatoms. The molecule has 0 aliphatic carbocycles. The fourth-order valence-electron chi connectivity index (χ4n) is 19.7. The van der Waals surface area contributed by atoms with Crippen LogP contribution in [-0.4, -0.2) is 79.3 Å². The van der Waals surface area contributed by atoms with E-state index in [1.807, 2.05) is 72.8 Å². The summed E-state index contributed by atoms with van der Waals surface area (Å²) >= 11 is 0. The van der Waals surface area contributed by atoms with Crippen LogP contribution in [0.25, 0.3) is 29.1 Å². The molecule has 130 heavy (non-hydrogen) atoms. The van der Waals surface area contributed by atoms with E-state index in [0.29, 0.717) is 34.1 Å². The predicted octanol–water partition coefficient (Wildman–Crippen LogP) is 30.0. The van der Waals surface area contributed by atoms with E-state index in [2.05, 4.69) is 404 Å². The summed E-state index contributed by atoms with van der Waals surface area (Å²) < 4.78 is 0. The van der Waals surface area contributed by atoms with E-state index >= 15 is 0 Å². The Morgan fingerprint density at radius 1 is 0.185 bits per heavy atom. The summed E-state index contributed by atoms with van der Waals surface area (Å²) in [5.74, 6) is 0. The van der Waals surface area contributed by atoms with Crippen molar-refractivity contribution in [1.82, 2.24) is 0 Å². The Kier molecular flexibility index (Phi) is 26.9. The monoisotopic (exact) mass is 1720 g/mol. The molecular formula is C112H122N18. The van der Waals surface area contributed by atoms with Crippen LogP contribution in [0.15, 0.2) is 194 Å². The van der Waals surface area contributed by atoms with Gasteiger partial charge in [-0.15, -0.1) is 0 Å². The Morgan fingerprint density at radius 2 is 0.446 bits per heavy atom. The predicted molar refractivity (Wildman–Crippen MR) is 551 cm³/mol. The maximum Gasteiger partial charge on any atom is 0.212 e. The number of anilines is 18. The van der Waals surface area contributed by atoms with Gasteiger partial charge in [0.2, 0.25) is 34.1 Å². The molecule has 6 aliphatic heterocycles. The number of hydrogen-bond acceptors (Lipinski definition) is 12. The standard InChI is InChI=1S/4C19H21N3.2C18H19N3/c1-12-10-14(3)18(11-13(12)2)22-15(4)21(6)17-9-7-8-16(20-5)19(17)22;1-12-10-13(2)14(3)18(11-12)22-15(4)21(6)17-9-7-8-16(20-5)19(17)22;1-12-10-13(2)18(14(3)11-12)22-15(4)21(6)17-9-7-8-16(20-5)19(17)22;1-12-10-11-13(2)18(14(12)3)22-15(4)21(6)17-9-7-8-16(20-5)19(17)22;1-12-8-6-9-13(2)17(12)21-14(3)20(5)16-11-7-10-15(19-4)18(16)21;1-12-9-10-16(13(2)11-12)21-14(3)20(5)17-8-6-7-15(19-4)18(17)21/h4*7-11,15H,1-4,6H3;2*6-11,14H,1-3,5H3/t4*15-;2*14-/m000000/s1. The minimum Gasteiger partial charge on any atom is -0.354 e. The van der Waals surface area contributed by atoms with Gasteiger partial charge in [0, 0.05) is 76.4 Å². The summed E-state index contributed by atoms with van der Waals surface area (Å²) in [6.07, 6.45) is 1.17. The summed E-state index contributed by atoms with van der Waals surface area (Å²) in [5.41, 5.74) is 44.7. The molecule has 0 aromatic heterocycles. The van der Waals surface area contributed by atoms with Crippen LogP contribution in [0.2, 0.25) is 0 Å². The number of nitrogens with zero attached hydrogens (tertiary/aromatic N) is 18. The molecule has 12 aromatic rings. The highest BCUT2D eigenvalue weighted by Gasteiger charge is 2.42. The van der Waals surface area contributed by atoms with Crippen LogP contribution in [0.5, 0.6) is 0 Å². The van der Waals surface area contributed by atoms with Crippen molar-refractivity contribution in [1.29, 1.82) is 0 Å². The van der Waals surface area contributed by atoms with E-state index in [9.17, 15) is 0 Å². The van der Waals surface area contributed by atoms with E-state index in [4.69, 9.17) is 39.4 Å². The first-order valence-electron chi connectivity index (χ1n) is 44.5. The van der Waals surface area contributed by atoms with Crippen molar-refractivity contribution in [3.05, 3.63) is 352 Å². The van der Waals surface area contributed by atoms with Crippen molar-refractivity contribution in [3.8, 4) is 0 Å². The molecule has 0 unspecified atom stereocenters. The molecule has 660 valence electrons. The molecule has 18 nitrogen and oxygen atoms in total. The number of hydrogen-bond donors (Lipinski definition) is 0. The first kappa shape index (κ1) is 92.8. The lowest BCUT2D eigenvalue weighted by atomic mass is 10.0. The molecule has 6 aliphatic rings. The average molecular weight is 1720 g/mol. The SMILES string of the molecule is [C-]#[N+]c1cccc2c1N(c1c(C)cc(C)cc1C)[C@@H](C)N2C.[C-]#[N+]c1cccc2c1N(c1c(C)ccc(C)c1C)[C@@H](C)N2C.[C-]#[N+]c1cccc2c1N(c1c(C)cccc1C)[C@@H](C)N2C.[C-]#[N+]c1cccc2c1N(c1cc(C)c(C)cc1C)[C@@H](C)N2C.[C-]#[N+]c1cccc2c1N(c1cc(C)cc(C)c1C)[C@@H](C)N2C.[C-]#[N+]c1cccc2c1N(c1ccc(C)cc1C)[C@@H](C)N2C. The number of aryl methyl sites for hydroxylation is 14. The molecule has 6 atom stereocenters. The van der Waals surface area contributed by atoms with Gasteiger partial charge in [-0.05, 0) is 285 Å². The first-order valence-corrected chi connectivity index (χ1v) is 44.5. The second-order valence-corrected chi connectivity index (χ2v) is 35.6. The van der Waals surface area contributed by atoms with Crippen LogP contribution >= 0.6 is 0 Å². The van der Waals surface area contributed by atoms with Crippen molar-refractivity contribution >= 4 is 136 Å². The van der Waals surface area contributed by atoms with E-state index in [0.717, 1.165) is 68.2 Å². The van der Waals surface area contributed by atoms with E-state index in [1.165, 1.54) is 123 Å². The van der Waals surface area contributed by atoms with Crippen LogP contribution in [0.4, 0.5) is 136 Å². The average Bonchev–Trinajstić information content (AvgIpc) is 1.61. The van der Waals surface area contributed by atoms with Crippen molar-refractivity contribution in [2.24, 2.45) is 0 Å². The fourth-order valence-corrected chi connectivity index (χ4v) is 19.7. The third kappa shape index (κ3) is 16.6. The van der Waals surface area contributed by atoms with Gasteiger partial charge in [0.1, 0.15) is 37.0 Å².